The van der Waals surface area contributed by atoms with Gasteiger partial charge in [0.05, 0.1) is 26.5 Å². The van der Waals surface area contributed by atoms with E-state index < -0.39 is 0 Å². The van der Waals surface area contributed by atoms with Crippen molar-refractivity contribution >= 4 is 29.0 Å². The lowest BCUT2D eigenvalue weighted by molar-refractivity contribution is -0.885. The lowest BCUT2D eigenvalue weighted by Gasteiger charge is -2.16. The second kappa shape index (κ2) is 11.5. The summed E-state index contributed by atoms with van der Waals surface area (Å²) in [5, 5.41) is 3.30. The van der Waals surface area contributed by atoms with Crippen molar-refractivity contribution in [3.05, 3.63) is 88.4 Å². The Labute approximate surface area is 199 Å². The zero-order valence-corrected chi connectivity index (χ0v) is 19.7. The van der Waals surface area contributed by atoms with E-state index in [9.17, 15) is 9.59 Å². The molecular weight excluding hydrogens is 440 g/mol. The van der Waals surface area contributed by atoms with Gasteiger partial charge in [-0.1, -0.05) is 41.9 Å². The number of benzene rings is 3. The SMILES string of the molecule is CCOc1ccc(C[NH+](C)CC(=O)Nc2ccc(Cl)cc2C(=O)c2ccccc2)cc1OC. The van der Waals surface area contributed by atoms with E-state index in [0.717, 1.165) is 10.5 Å². The molecule has 0 aliphatic carbocycles. The molecule has 6 nitrogen and oxygen atoms in total. The van der Waals surface area contributed by atoms with Gasteiger partial charge in [0.25, 0.3) is 5.91 Å². The van der Waals surface area contributed by atoms with Gasteiger partial charge >= 0.3 is 0 Å². The summed E-state index contributed by atoms with van der Waals surface area (Å²) in [4.78, 5) is 26.7. The molecule has 1 unspecified atom stereocenters. The predicted molar refractivity (Wildman–Crippen MR) is 130 cm³/mol. The Bertz CT molecular complexity index is 1120. The van der Waals surface area contributed by atoms with Gasteiger partial charge in [-0.25, -0.2) is 0 Å². The second-order valence-electron chi connectivity index (χ2n) is 7.66. The fourth-order valence-corrected chi connectivity index (χ4v) is 3.71. The molecule has 0 aromatic heterocycles. The number of ether oxygens (including phenoxy) is 2. The lowest BCUT2D eigenvalue weighted by Crippen LogP contribution is -3.08. The summed E-state index contributed by atoms with van der Waals surface area (Å²) in [5.74, 6) is 0.958. The van der Waals surface area contributed by atoms with E-state index in [0.29, 0.717) is 46.5 Å². The number of amides is 1. The lowest BCUT2D eigenvalue weighted by atomic mass is 10.0. The molecule has 0 fully saturated rings. The van der Waals surface area contributed by atoms with Crippen molar-refractivity contribution in [3.8, 4) is 11.5 Å². The predicted octanol–water partition coefficient (Wildman–Crippen LogP) is 3.63. The van der Waals surface area contributed by atoms with Gasteiger partial charge in [-0.2, -0.15) is 0 Å². The molecule has 7 heteroatoms. The minimum Gasteiger partial charge on any atom is -0.493 e. The molecule has 0 bridgehead atoms. The zero-order valence-electron chi connectivity index (χ0n) is 19.0. The molecule has 2 N–H and O–H groups in total. The Morgan fingerprint density at radius 1 is 1.00 bits per heavy atom. The summed E-state index contributed by atoms with van der Waals surface area (Å²) in [6.45, 7) is 3.31. The van der Waals surface area contributed by atoms with Crippen molar-refractivity contribution in [1.82, 2.24) is 0 Å². The first-order valence-corrected chi connectivity index (χ1v) is 11.1. The number of anilines is 1. The Hall–Kier alpha value is -3.35. The summed E-state index contributed by atoms with van der Waals surface area (Å²) in [7, 11) is 3.53. The molecule has 3 rings (SSSR count). The van der Waals surface area contributed by atoms with E-state index in [2.05, 4.69) is 5.32 Å². The van der Waals surface area contributed by atoms with Crippen LogP contribution in [-0.4, -0.2) is 39.0 Å². The van der Waals surface area contributed by atoms with E-state index in [1.54, 1.807) is 49.6 Å². The standard InChI is InChI=1S/C26H27ClN2O4/c1-4-33-23-13-10-18(14-24(23)32-3)16-29(2)17-25(30)28-22-12-11-20(27)15-21(22)26(31)19-8-6-5-7-9-19/h5-15H,4,16-17H2,1-3H3,(H,28,30)/p+1. The topological polar surface area (TPSA) is 69.1 Å². The Balaban J connectivity index is 1.68. The first kappa shape index (κ1) is 24.3. The van der Waals surface area contributed by atoms with Crippen molar-refractivity contribution in [1.29, 1.82) is 0 Å². The molecule has 33 heavy (non-hydrogen) atoms. The van der Waals surface area contributed by atoms with Gasteiger partial charge in [0.15, 0.2) is 23.8 Å². The van der Waals surface area contributed by atoms with Crippen LogP contribution in [0.25, 0.3) is 0 Å². The third-order valence-electron chi connectivity index (χ3n) is 5.03. The van der Waals surface area contributed by atoms with Crippen LogP contribution in [-0.2, 0) is 11.3 Å². The molecule has 3 aromatic carbocycles. The van der Waals surface area contributed by atoms with Gasteiger partial charge in [-0.15, -0.1) is 0 Å². The van der Waals surface area contributed by atoms with Crippen molar-refractivity contribution < 1.29 is 24.0 Å². The summed E-state index contributed by atoms with van der Waals surface area (Å²) < 4.78 is 11.0. The van der Waals surface area contributed by atoms with Gasteiger partial charge in [0.2, 0.25) is 0 Å². The number of halogens is 1. The van der Waals surface area contributed by atoms with Crippen LogP contribution in [0, 0.1) is 0 Å². The van der Waals surface area contributed by atoms with E-state index in [1.165, 1.54) is 0 Å². The number of carbonyl (C=O) groups is 2. The Kier molecular flexibility index (Phi) is 8.46. The molecule has 0 saturated heterocycles. The molecule has 0 spiro atoms. The highest BCUT2D eigenvalue weighted by Crippen LogP contribution is 2.28. The summed E-state index contributed by atoms with van der Waals surface area (Å²) >= 11 is 6.13. The van der Waals surface area contributed by atoms with Crippen LogP contribution in [0.5, 0.6) is 11.5 Å². The summed E-state index contributed by atoms with van der Waals surface area (Å²) in [6, 6.07) is 19.5. The minimum atomic E-state index is -0.199. The Morgan fingerprint density at radius 2 is 1.76 bits per heavy atom. The summed E-state index contributed by atoms with van der Waals surface area (Å²) in [6.07, 6.45) is 0. The van der Waals surface area contributed by atoms with Crippen molar-refractivity contribution in [3.63, 3.8) is 0 Å². The van der Waals surface area contributed by atoms with Crippen LogP contribution >= 0.6 is 11.6 Å². The smallest absolute Gasteiger partial charge is 0.279 e. The molecular formula is C26H28ClN2O4+. The van der Waals surface area contributed by atoms with E-state index in [1.807, 2.05) is 38.2 Å². The molecule has 0 aliphatic rings. The molecule has 3 aromatic rings. The fraction of sp³-hybridized carbons (Fsp3) is 0.231. The van der Waals surface area contributed by atoms with Crippen LogP contribution in [0.4, 0.5) is 5.69 Å². The van der Waals surface area contributed by atoms with Crippen molar-refractivity contribution in [2.24, 2.45) is 0 Å². The van der Waals surface area contributed by atoms with Gasteiger partial charge in [0, 0.05) is 21.7 Å². The monoisotopic (exact) mass is 467 g/mol. The molecule has 1 atom stereocenters. The quantitative estimate of drug-likeness (QED) is 0.447. The van der Waals surface area contributed by atoms with Crippen molar-refractivity contribution in [2.45, 2.75) is 13.5 Å². The van der Waals surface area contributed by atoms with Crippen LogP contribution < -0.4 is 19.7 Å². The van der Waals surface area contributed by atoms with Crippen LogP contribution in [0.15, 0.2) is 66.7 Å². The first-order valence-electron chi connectivity index (χ1n) is 10.7. The van der Waals surface area contributed by atoms with Crippen LogP contribution in [0.3, 0.4) is 0 Å². The third kappa shape index (κ3) is 6.57. The number of nitrogens with one attached hydrogen (secondary N) is 2. The largest absolute Gasteiger partial charge is 0.493 e. The van der Waals surface area contributed by atoms with E-state index in [-0.39, 0.29) is 18.2 Å². The number of methoxy groups -OCH3 is 1. The minimum absolute atomic E-state index is 0.199. The van der Waals surface area contributed by atoms with Gasteiger partial charge in [0.1, 0.15) is 6.54 Å². The van der Waals surface area contributed by atoms with E-state index in [4.69, 9.17) is 21.1 Å². The first-order chi connectivity index (χ1) is 15.9. The second-order valence-corrected chi connectivity index (χ2v) is 8.10. The van der Waals surface area contributed by atoms with Gasteiger partial charge in [-0.3, -0.25) is 9.59 Å². The normalized spacial score (nSPS) is 11.5. The summed E-state index contributed by atoms with van der Waals surface area (Å²) in [5.41, 5.74) is 2.35. The number of carbonyl (C=O) groups excluding carboxylic acids is 2. The molecule has 0 heterocycles. The number of likely N-dealkylation sites (N-methyl/N-ethyl adjacent to an activating group) is 1. The third-order valence-corrected chi connectivity index (χ3v) is 5.27. The fourth-order valence-electron chi connectivity index (χ4n) is 3.53. The highest BCUT2D eigenvalue weighted by Gasteiger charge is 2.18. The highest BCUT2D eigenvalue weighted by atomic mass is 35.5. The molecule has 0 aliphatic heterocycles. The molecule has 172 valence electrons. The van der Waals surface area contributed by atoms with E-state index >= 15 is 0 Å². The maximum atomic E-state index is 13.0. The number of rotatable bonds is 10. The zero-order chi connectivity index (χ0) is 23.8. The molecule has 0 radical (unpaired) electrons. The van der Waals surface area contributed by atoms with Gasteiger partial charge in [-0.05, 0) is 43.3 Å². The highest BCUT2D eigenvalue weighted by molar-refractivity contribution is 6.31. The number of ketones is 1. The van der Waals surface area contributed by atoms with Gasteiger partial charge < -0.3 is 19.7 Å². The van der Waals surface area contributed by atoms with Crippen molar-refractivity contribution in [2.75, 3.05) is 32.6 Å². The number of quaternary nitrogens is 1. The Morgan fingerprint density at radius 3 is 2.45 bits per heavy atom. The van der Waals surface area contributed by atoms with Crippen LogP contribution in [0.2, 0.25) is 5.02 Å². The maximum Gasteiger partial charge on any atom is 0.279 e. The number of hydrogen-bond donors (Lipinski definition) is 2. The van der Waals surface area contributed by atoms with Crippen LogP contribution in [0.1, 0.15) is 28.4 Å². The maximum absolute atomic E-state index is 13.0. The average molecular weight is 468 g/mol. The molecule has 0 saturated carbocycles. The average Bonchev–Trinajstić information content (AvgIpc) is 2.81. The number of hydrogen-bond acceptors (Lipinski definition) is 4. The molecule has 1 amide bonds.